The molecule has 0 bridgehead atoms. The Morgan fingerprint density at radius 1 is 1.25 bits per heavy atom. The number of aromatic nitrogens is 2. The fourth-order valence-corrected chi connectivity index (χ4v) is 1.82. The third-order valence-corrected chi connectivity index (χ3v) is 3.22. The summed E-state index contributed by atoms with van der Waals surface area (Å²) >= 11 is 0. The number of rotatable bonds is 3. The summed E-state index contributed by atoms with van der Waals surface area (Å²) in [7, 11) is 0. The van der Waals surface area contributed by atoms with Gasteiger partial charge in [-0.2, -0.15) is 9.37 Å². The van der Waals surface area contributed by atoms with Crippen molar-refractivity contribution in [1.82, 2.24) is 9.97 Å². The maximum absolute atomic E-state index is 13.6. The van der Waals surface area contributed by atoms with Crippen LogP contribution in [0, 0.1) is 18.6 Å². The predicted octanol–water partition coefficient (Wildman–Crippen LogP) is 3.32. The van der Waals surface area contributed by atoms with Crippen LogP contribution < -0.4 is 10.5 Å². The first-order valence-electron chi connectivity index (χ1n) is 6.32. The van der Waals surface area contributed by atoms with Gasteiger partial charge in [0, 0.05) is 5.92 Å². The second-order valence-electron chi connectivity index (χ2n) is 4.83. The van der Waals surface area contributed by atoms with Crippen molar-refractivity contribution < 1.29 is 13.5 Å². The van der Waals surface area contributed by atoms with E-state index in [0.717, 1.165) is 18.9 Å². The highest BCUT2D eigenvalue weighted by Gasteiger charge is 2.28. The van der Waals surface area contributed by atoms with Crippen LogP contribution in [0.5, 0.6) is 11.6 Å². The molecule has 0 unspecified atom stereocenters. The fourth-order valence-electron chi connectivity index (χ4n) is 1.82. The molecule has 0 atom stereocenters. The Morgan fingerprint density at radius 2 is 2.00 bits per heavy atom. The number of halogens is 2. The third-order valence-electron chi connectivity index (χ3n) is 3.22. The van der Waals surface area contributed by atoms with Gasteiger partial charge in [-0.25, -0.2) is 9.37 Å². The number of ether oxygens (including phenoxy) is 1. The third kappa shape index (κ3) is 2.29. The van der Waals surface area contributed by atoms with Gasteiger partial charge in [0.15, 0.2) is 11.6 Å². The Balaban J connectivity index is 1.99. The van der Waals surface area contributed by atoms with E-state index in [9.17, 15) is 8.78 Å². The van der Waals surface area contributed by atoms with E-state index in [1.54, 1.807) is 6.92 Å². The van der Waals surface area contributed by atoms with Crippen LogP contribution in [-0.2, 0) is 0 Å². The van der Waals surface area contributed by atoms with Gasteiger partial charge in [0.05, 0.1) is 5.56 Å². The van der Waals surface area contributed by atoms with E-state index in [2.05, 4.69) is 9.97 Å². The maximum Gasteiger partial charge on any atom is 0.227 e. The lowest BCUT2D eigenvalue weighted by atomic mass is 10.3. The van der Waals surface area contributed by atoms with Crippen molar-refractivity contribution in [3.63, 3.8) is 0 Å². The minimum Gasteiger partial charge on any atom is -0.435 e. The summed E-state index contributed by atoms with van der Waals surface area (Å²) in [6.07, 6.45) is 2.02. The van der Waals surface area contributed by atoms with E-state index in [4.69, 9.17) is 10.5 Å². The summed E-state index contributed by atoms with van der Waals surface area (Å²) in [5.74, 6) is -0.871. The topological polar surface area (TPSA) is 61.0 Å². The second-order valence-corrected chi connectivity index (χ2v) is 4.83. The van der Waals surface area contributed by atoms with Crippen LogP contribution in [0.25, 0.3) is 0 Å². The van der Waals surface area contributed by atoms with E-state index < -0.39 is 11.6 Å². The minimum atomic E-state index is -1.04. The molecule has 1 aromatic carbocycles. The normalized spacial score (nSPS) is 14.3. The molecular weight excluding hydrogens is 264 g/mol. The summed E-state index contributed by atoms with van der Waals surface area (Å²) in [4.78, 5) is 8.45. The van der Waals surface area contributed by atoms with Crippen LogP contribution in [-0.4, -0.2) is 9.97 Å². The molecule has 104 valence electrons. The highest BCUT2D eigenvalue weighted by molar-refractivity contribution is 5.46. The Labute approximate surface area is 114 Å². The molecular formula is C14H13F2N3O. The SMILES string of the molecule is Cc1c(N)nc(C2CC2)nc1Oc1cccc(F)c1F. The molecule has 20 heavy (non-hydrogen) atoms. The van der Waals surface area contributed by atoms with Crippen molar-refractivity contribution in [3.05, 3.63) is 41.2 Å². The first-order chi connectivity index (χ1) is 9.56. The van der Waals surface area contributed by atoms with Gasteiger partial charge in [-0.1, -0.05) is 6.07 Å². The highest BCUT2D eigenvalue weighted by Crippen LogP contribution is 2.40. The van der Waals surface area contributed by atoms with Crippen molar-refractivity contribution in [1.29, 1.82) is 0 Å². The van der Waals surface area contributed by atoms with Crippen LogP contribution in [0.15, 0.2) is 18.2 Å². The molecule has 4 nitrogen and oxygen atoms in total. The van der Waals surface area contributed by atoms with E-state index in [-0.39, 0.29) is 17.5 Å². The molecule has 2 N–H and O–H groups in total. The molecule has 0 spiro atoms. The Kier molecular flexibility index (Phi) is 3.00. The van der Waals surface area contributed by atoms with Crippen LogP contribution in [0.4, 0.5) is 14.6 Å². The molecule has 0 aliphatic heterocycles. The number of hydrogen-bond donors (Lipinski definition) is 1. The van der Waals surface area contributed by atoms with Gasteiger partial charge in [-0.05, 0) is 31.9 Å². The number of nitrogen functional groups attached to an aromatic ring is 1. The average molecular weight is 277 g/mol. The van der Waals surface area contributed by atoms with Gasteiger partial charge in [-0.15, -0.1) is 0 Å². The van der Waals surface area contributed by atoms with Crippen molar-refractivity contribution in [2.24, 2.45) is 0 Å². The Morgan fingerprint density at radius 3 is 2.70 bits per heavy atom. The summed E-state index contributed by atoms with van der Waals surface area (Å²) in [6, 6.07) is 3.74. The van der Waals surface area contributed by atoms with Gasteiger partial charge >= 0.3 is 0 Å². The first-order valence-corrected chi connectivity index (χ1v) is 6.32. The molecule has 1 heterocycles. The minimum absolute atomic E-state index is 0.170. The van der Waals surface area contributed by atoms with Gasteiger partial charge in [-0.3, -0.25) is 0 Å². The molecule has 1 fully saturated rings. The van der Waals surface area contributed by atoms with Crippen LogP contribution >= 0.6 is 0 Å². The zero-order valence-electron chi connectivity index (χ0n) is 10.9. The number of anilines is 1. The standard InChI is InChI=1S/C14H13F2N3O/c1-7-12(17)18-13(8-5-6-8)19-14(7)20-10-4-2-3-9(15)11(10)16/h2-4,8H,5-6H2,1H3,(H2,17,18,19). The van der Waals surface area contributed by atoms with E-state index >= 15 is 0 Å². The van der Waals surface area contributed by atoms with Crippen LogP contribution in [0.2, 0.25) is 0 Å². The van der Waals surface area contributed by atoms with Crippen molar-refractivity contribution in [2.45, 2.75) is 25.7 Å². The molecule has 1 aliphatic carbocycles. The molecule has 0 amide bonds. The van der Waals surface area contributed by atoms with E-state index in [1.807, 2.05) is 0 Å². The van der Waals surface area contributed by atoms with Gasteiger partial charge in [0.1, 0.15) is 11.6 Å². The van der Waals surface area contributed by atoms with Gasteiger partial charge in [0.25, 0.3) is 0 Å². The first kappa shape index (κ1) is 12.8. The predicted molar refractivity (Wildman–Crippen MR) is 69.6 cm³/mol. The molecule has 1 aromatic heterocycles. The zero-order valence-corrected chi connectivity index (χ0v) is 10.9. The maximum atomic E-state index is 13.6. The lowest BCUT2D eigenvalue weighted by molar-refractivity contribution is 0.401. The van der Waals surface area contributed by atoms with E-state index in [1.165, 1.54) is 12.1 Å². The summed E-state index contributed by atoms with van der Waals surface area (Å²) in [5, 5.41) is 0. The largest absolute Gasteiger partial charge is 0.435 e. The average Bonchev–Trinajstić information content (AvgIpc) is 3.24. The smallest absolute Gasteiger partial charge is 0.227 e. The fraction of sp³-hybridized carbons (Fsp3) is 0.286. The van der Waals surface area contributed by atoms with Crippen molar-refractivity contribution in [2.75, 3.05) is 5.73 Å². The lowest BCUT2D eigenvalue weighted by Crippen LogP contribution is -2.05. The van der Waals surface area contributed by atoms with Gasteiger partial charge < -0.3 is 10.5 Å². The summed E-state index contributed by atoms with van der Waals surface area (Å²) in [5.41, 5.74) is 6.32. The van der Waals surface area contributed by atoms with Crippen LogP contribution in [0.3, 0.4) is 0 Å². The second kappa shape index (κ2) is 4.70. The number of benzene rings is 1. The zero-order chi connectivity index (χ0) is 14.3. The molecule has 2 aromatic rings. The summed E-state index contributed by atoms with van der Waals surface area (Å²) in [6.45, 7) is 1.68. The van der Waals surface area contributed by atoms with E-state index in [0.29, 0.717) is 17.2 Å². The number of nitrogens with two attached hydrogens (primary N) is 1. The van der Waals surface area contributed by atoms with Crippen molar-refractivity contribution >= 4 is 5.82 Å². The number of nitrogens with zero attached hydrogens (tertiary/aromatic N) is 2. The molecule has 6 heteroatoms. The molecule has 1 aliphatic rings. The molecule has 1 saturated carbocycles. The monoisotopic (exact) mass is 277 g/mol. The molecule has 3 rings (SSSR count). The Bertz CT molecular complexity index is 672. The van der Waals surface area contributed by atoms with Crippen molar-refractivity contribution in [3.8, 4) is 11.6 Å². The summed E-state index contributed by atoms with van der Waals surface area (Å²) < 4.78 is 32.2. The Hall–Kier alpha value is -2.24. The van der Waals surface area contributed by atoms with Crippen LogP contribution in [0.1, 0.15) is 30.1 Å². The van der Waals surface area contributed by atoms with Gasteiger partial charge in [0.2, 0.25) is 11.7 Å². The molecule has 0 radical (unpaired) electrons. The quantitative estimate of drug-likeness (QED) is 0.935. The number of hydrogen-bond acceptors (Lipinski definition) is 4. The lowest BCUT2D eigenvalue weighted by Gasteiger charge is -2.11. The highest BCUT2D eigenvalue weighted by atomic mass is 19.2. The molecule has 0 saturated heterocycles.